The molecule has 0 saturated heterocycles. The molecular weight excluding hydrogens is 168 g/mol. The summed E-state index contributed by atoms with van der Waals surface area (Å²) in [4.78, 5) is 0. The van der Waals surface area contributed by atoms with Gasteiger partial charge < -0.3 is 9.47 Å². The average Bonchev–Trinajstić information content (AvgIpc) is 2.14. The Balaban J connectivity index is 4.04. The third kappa shape index (κ3) is 4.86. The Morgan fingerprint density at radius 3 is 2.23 bits per heavy atom. The summed E-state index contributed by atoms with van der Waals surface area (Å²) in [6, 6.07) is -0.148. The monoisotopic (exact) mass is 186 g/mol. The number of ether oxygens (including phenoxy) is 2. The zero-order chi connectivity index (χ0) is 10.1. The number of nitrogens with two attached hydrogens (primary N) is 1. The van der Waals surface area contributed by atoms with Crippen molar-refractivity contribution < 1.29 is 9.47 Å². The van der Waals surface area contributed by atoms with Crippen LogP contribution in [0.3, 0.4) is 0 Å². The lowest BCUT2D eigenvalue weighted by Crippen LogP contribution is -2.46. The zero-order valence-corrected chi connectivity index (χ0v) is 8.25. The predicted molar refractivity (Wildman–Crippen MR) is 51.6 cm³/mol. The lowest BCUT2D eigenvalue weighted by Gasteiger charge is -2.24. The van der Waals surface area contributed by atoms with E-state index in [0.717, 1.165) is 0 Å². The first kappa shape index (κ1) is 12.4. The highest BCUT2D eigenvalue weighted by Crippen LogP contribution is 2.04. The van der Waals surface area contributed by atoms with E-state index in [1.807, 2.05) is 13.8 Å². The summed E-state index contributed by atoms with van der Waals surface area (Å²) in [6.07, 6.45) is 5.30. The maximum Gasteiger partial charge on any atom is 0.174 e. The molecule has 0 amide bonds. The Morgan fingerprint density at radius 1 is 1.38 bits per heavy atom. The van der Waals surface area contributed by atoms with Crippen molar-refractivity contribution in [1.82, 2.24) is 5.43 Å². The largest absolute Gasteiger partial charge is 0.351 e. The minimum atomic E-state index is -0.365. The van der Waals surface area contributed by atoms with Crippen molar-refractivity contribution in [2.75, 3.05) is 13.2 Å². The van der Waals surface area contributed by atoms with Crippen molar-refractivity contribution in [3.63, 3.8) is 0 Å². The van der Waals surface area contributed by atoms with Crippen molar-refractivity contribution in [2.24, 2.45) is 5.84 Å². The molecule has 76 valence electrons. The molecule has 3 N–H and O–H groups in total. The molecule has 0 heterocycles. The van der Waals surface area contributed by atoms with Gasteiger partial charge in [-0.05, 0) is 13.8 Å². The van der Waals surface area contributed by atoms with E-state index in [1.54, 1.807) is 0 Å². The van der Waals surface area contributed by atoms with Crippen LogP contribution in [0.5, 0.6) is 0 Å². The first-order valence-corrected chi connectivity index (χ1v) is 4.42. The lowest BCUT2D eigenvalue weighted by atomic mass is 10.2. The number of hydrogen-bond donors (Lipinski definition) is 2. The van der Waals surface area contributed by atoms with E-state index in [9.17, 15) is 0 Å². The SMILES string of the molecule is C#CCC(NN)C(OCC)OCC. The van der Waals surface area contributed by atoms with E-state index in [1.165, 1.54) is 0 Å². The van der Waals surface area contributed by atoms with Gasteiger partial charge in [-0.3, -0.25) is 11.3 Å². The van der Waals surface area contributed by atoms with Crippen molar-refractivity contribution >= 4 is 0 Å². The zero-order valence-electron chi connectivity index (χ0n) is 8.25. The van der Waals surface area contributed by atoms with Gasteiger partial charge in [0.15, 0.2) is 6.29 Å². The molecular formula is C9H18N2O2. The molecule has 0 fully saturated rings. The Kier molecular flexibility index (Phi) is 7.65. The number of terminal acetylenes is 1. The van der Waals surface area contributed by atoms with E-state index in [4.69, 9.17) is 21.7 Å². The first-order chi connectivity index (χ1) is 6.29. The predicted octanol–water partition coefficient (Wildman–Crippen LogP) is 0.241. The van der Waals surface area contributed by atoms with Gasteiger partial charge in [0.1, 0.15) is 0 Å². The van der Waals surface area contributed by atoms with E-state index in [2.05, 4.69) is 11.3 Å². The summed E-state index contributed by atoms with van der Waals surface area (Å²) in [5, 5.41) is 0. The van der Waals surface area contributed by atoms with Crippen molar-refractivity contribution in [1.29, 1.82) is 0 Å². The number of hydrogen-bond acceptors (Lipinski definition) is 4. The van der Waals surface area contributed by atoms with Gasteiger partial charge >= 0.3 is 0 Å². The molecule has 0 aromatic rings. The van der Waals surface area contributed by atoms with Crippen LogP contribution in [0, 0.1) is 12.3 Å². The molecule has 4 heteroatoms. The molecule has 1 unspecified atom stereocenters. The van der Waals surface area contributed by atoms with Crippen LogP contribution in [0.4, 0.5) is 0 Å². The van der Waals surface area contributed by atoms with Crippen LogP contribution in [0.2, 0.25) is 0 Å². The van der Waals surface area contributed by atoms with E-state index in [-0.39, 0.29) is 12.3 Å². The molecule has 0 bridgehead atoms. The summed E-state index contributed by atoms with van der Waals surface area (Å²) in [5.74, 6) is 7.83. The molecule has 4 nitrogen and oxygen atoms in total. The maximum absolute atomic E-state index is 5.33. The van der Waals surface area contributed by atoms with Crippen LogP contribution in [-0.4, -0.2) is 25.5 Å². The smallest absolute Gasteiger partial charge is 0.174 e. The van der Waals surface area contributed by atoms with Crippen LogP contribution in [-0.2, 0) is 9.47 Å². The van der Waals surface area contributed by atoms with Gasteiger partial charge in [0.05, 0.1) is 6.04 Å². The topological polar surface area (TPSA) is 56.5 Å². The van der Waals surface area contributed by atoms with Gasteiger partial charge in [0.2, 0.25) is 0 Å². The number of hydrazine groups is 1. The fraction of sp³-hybridized carbons (Fsp3) is 0.778. The van der Waals surface area contributed by atoms with E-state index in [0.29, 0.717) is 19.6 Å². The summed E-state index contributed by atoms with van der Waals surface area (Å²) < 4.78 is 10.7. The van der Waals surface area contributed by atoms with Gasteiger partial charge in [0, 0.05) is 19.6 Å². The average molecular weight is 186 g/mol. The van der Waals surface area contributed by atoms with Crippen molar-refractivity contribution in [2.45, 2.75) is 32.6 Å². The molecule has 0 aliphatic carbocycles. The van der Waals surface area contributed by atoms with Gasteiger partial charge in [-0.15, -0.1) is 12.3 Å². The normalized spacial score (nSPS) is 12.8. The van der Waals surface area contributed by atoms with Crippen molar-refractivity contribution in [3.8, 4) is 12.3 Å². The highest BCUT2D eigenvalue weighted by Gasteiger charge is 2.19. The van der Waals surface area contributed by atoms with Gasteiger partial charge in [-0.2, -0.15) is 0 Å². The van der Waals surface area contributed by atoms with Crippen LogP contribution in [0.25, 0.3) is 0 Å². The fourth-order valence-corrected chi connectivity index (χ4v) is 0.970. The van der Waals surface area contributed by atoms with E-state index >= 15 is 0 Å². The molecule has 0 rings (SSSR count). The Labute approximate surface area is 79.7 Å². The number of nitrogens with one attached hydrogen (secondary N) is 1. The van der Waals surface area contributed by atoms with E-state index < -0.39 is 0 Å². The second-order valence-corrected chi connectivity index (χ2v) is 2.46. The van der Waals surface area contributed by atoms with Gasteiger partial charge in [-0.25, -0.2) is 0 Å². The third-order valence-corrected chi connectivity index (χ3v) is 1.54. The highest BCUT2D eigenvalue weighted by atomic mass is 16.7. The molecule has 0 radical (unpaired) electrons. The third-order valence-electron chi connectivity index (χ3n) is 1.54. The fourth-order valence-electron chi connectivity index (χ4n) is 0.970. The second kappa shape index (κ2) is 8.02. The Bertz CT molecular complexity index is 150. The summed E-state index contributed by atoms with van der Waals surface area (Å²) >= 11 is 0. The van der Waals surface area contributed by atoms with Crippen LogP contribution >= 0.6 is 0 Å². The Morgan fingerprint density at radius 2 is 1.92 bits per heavy atom. The summed E-state index contributed by atoms with van der Waals surface area (Å²) in [6.45, 7) is 4.95. The lowest BCUT2D eigenvalue weighted by molar-refractivity contribution is -0.153. The molecule has 13 heavy (non-hydrogen) atoms. The Hall–Kier alpha value is -0.600. The summed E-state index contributed by atoms with van der Waals surface area (Å²) in [5.41, 5.74) is 2.58. The summed E-state index contributed by atoms with van der Waals surface area (Å²) in [7, 11) is 0. The molecule has 0 aromatic heterocycles. The minimum Gasteiger partial charge on any atom is -0.351 e. The van der Waals surface area contributed by atoms with Gasteiger partial charge in [0.25, 0.3) is 0 Å². The quantitative estimate of drug-likeness (QED) is 0.259. The minimum absolute atomic E-state index is 0.148. The highest BCUT2D eigenvalue weighted by molar-refractivity contribution is 4.90. The molecule has 0 aliphatic heterocycles. The number of rotatable bonds is 7. The van der Waals surface area contributed by atoms with Crippen LogP contribution in [0.15, 0.2) is 0 Å². The van der Waals surface area contributed by atoms with Crippen LogP contribution in [0.1, 0.15) is 20.3 Å². The second-order valence-electron chi connectivity index (χ2n) is 2.46. The molecule has 0 aromatic carbocycles. The van der Waals surface area contributed by atoms with Gasteiger partial charge in [-0.1, -0.05) is 0 Å². The molecule has 0 spiro atoms. The molecule has 0 saturated carbocycles. The molecule has 1 atom stereocenters. The van der Waals surface area contributed by atoms with Crippen molar-refractivity contribution in [3.05, 3.63) is 0 Å². The first-order valence-electron chi connectivity index (χ1n) is 4.42. The van der Waals surface area contributed by atoms with Crippen LogP contribution < -0.4 is 11.3 Å². The molecule has 0 aliphatic rings. The maximum atomic E-state index is 5.33. The standard InChI is InChI=1S/C9H18N2O2/c1-4-7-8(11-10)9(12-5-2)13-6-3/h1,8-9,11H,5-7,10H2,2-3H3.